The van der Waals surface area contributed by atoms with Crippen molar-refractivity contribution in [3.8, 4) is 0 Å². The minimum Gasteiger partial charge on any atom is -0.384 e. The molecular formula is C17H18N10. The molecule has 0 aliphatic heterocycles. The molecule has 10 N–H and O–H groups in total. The first-order chi connectivity index (χ1) is 12.9. The topological polar surface area (TPSA) is 188 Å². The Hall–Kier alpha value is -4.21. The van der Waals surface area contributed by atoms with Crippen LogP contribution >= 0.6 is 0 Å². The maximum atomic E-state index is 7.41. The number of hydrogen-bond donors (Lipinski definition) is 7. The predicted octanol–water partition coefficient (Wildman–Crippen LogP) is 1.51. The van der Waals surface area contributed by atoms with Crippen LogP contribution < -0.4 is 27.8 Å². The van der Waals surface area contributed by atoms with Crippen molar-refractivity contribution in [1.29, 1.82) is 10.8 Å². The normalized spacial score (nSPS) is 10.2. The standard InChI is InChI=1S/C17H18N10/c18-13(19)9-1-5-11(6-2-9)23-16-25-15(22)26-17(27-16)24-12-7-3-10(4-8-12)14(20)21/h1-8H,(H3,18,19)(H3,20,21)(H4,22,23,24,25,26,27). The van der Waals surface area contributed by atoms with E-state index in [-0.39, 0.29) is 29.5 Å². The van der Waals surface area contributed by atoms with E-state index in [0.717, 1.165) is 0 Å². The Morgan fingerprint density at radius 2 is 1.04 bits per heavy atom. The third kappa shape index (κ3) is 4.45. The van der Waals surface area contributed by atoms with E-state index < -0.39 is 0 Å². The van der Waals surface area contributed by atoms with Crippen LogP contribution in [-0.4, -0.2) is 26.6 Å². The lowest BCUT2D eigenvalue weighted by molar-refractivity contribution is 1.07. The fraction of sp³-hybridized carbons (Fsp3) is 0. The number of anilines is 5. The molecule has 136 valence electrons. The highest BCUT2D eigenvalue weighted by atomic mass is 15.2. The molecule has 0 spiro atoms. The molecule has 0 atom stereocenters. The Bertz CT molecular complexity index is 902. The summed E-state index contributed by atoms with van der Waals surface area (Å²) in [6, 6.07) is 13.9. The molecule has 0 fully saturated rings. The van der Waals surface area contributed by atoms with Gasteiger partial charge in [-0.3, -0.25) is 10.8 Å². The number of aromatic nitrogens is 3. The van der Waals surface area contributed by atoms with Crippen LogP contribution in [0, 0.1) is 10.8 Å². The second-order valence-corrected chi connectivity index (χ2v) is 5.57. The molecule has 2 aromatic carbocycles. The van der Waals surface area contributed by atoms with Gasteiger partial charge in [-0.1, -0.05) is 0 Å². The molecule has 0 aliphatic rings. The van der Waals surface area contributed by atoms with Gasteiger partial charge in [0.25, 0.3) is 0 Å². The summed E-state index contributed by atoms with van der Waals surface area (Å²) in [4.78, 5) is 12.4. The third-order valence-corrected chi connectivity index (χ3v) is 3.56. The number of amidine groups is 2. The molecular weight excluding hydrogens is 344 g/mol. The molecule has 3 aromatic rings. The van der Waals surface area contributed by atoms with Crippen molar-refractivity contribution in [3.63, 3.8) is 0 Å². The highest BCUT2D eigenvalue weighted by Crippen LogP contribution is 2.18. The maximum Gasteiger partial charge on any atom is 0.233 e. The molecule has 10 nitrogen and oxygen atoms in total. The van der Waals surface area contributed by atoms with E-state index in [4.69, 9.17) is 28.0 Å². The van der Waals surface area contributed by atoms with Gasteiger partial charge in [0.1, 0.15) is 11.7 Å². The van der Waals surface area contributed by atoms with E-state index in [2.05, 4.69) is 25.6 Å². The maximum absolute atomic E-state index is 7.41. The summed E-state index contributed by atoms with van der Waals surface area (Å²) in [6.07, 6.45) is 0. The van der Waals surface area contributed by atoms with Crippen LogP contribution in [0.4, 0.5) is 29.2 Å². The number of nitrogens with zero attached hydrogens (tertiary/aromatic N) is 3. The zero-order valence-electron chi connectivity index (χ0n) is 14.2. The Morgan fingerprint density at radius 1 is 0.667 bits per heavy atom. The lowest BCUT2D eigenvalue weighted by Gasteiger charge is -2.09. The number of nitrogens with two attached hydrogens (primary N) is 3. The Morgan fingerprint density at radius 3 is 1.37 bits per heavy atom. The molecule has 0 saturated carbocycles. The molecule has 0 bridgehead atoms. The molecule has 1 aromatic heterocycles. The quantitative estimate of drug-likeness (QED) is 0.253. The van der Waals surface area contributed by atoms with Gasteiger partial charge in [-0.25, -0.2) is 0 Å². The highest BCUT2D eigenvalue weighted by Gasteiger charge is 2.06. The van der Waals surface area contributed by atoms with Crippen molar-refractivity contribution < 1.29 is 0 Å². The van der Waals surface area contributed by atoms with Crippen molar-refractivity contribution in [3.05, 3.63) is 59.7 Å². The molecule has 3 rings (SSSR count). The van der Waals surface area contributed by atoms with Crippen LogP contribution in [0.15, 0.2) is 48.5 Å². The minimum atomic E-state index is -0.00627. The molecule has 1 heterocycles. The van der Waals surface area contributed by atoms with E-state index in [1.807, 2.05) is 0 Å². The highest BCUT2D eigenvalue weighted by molar-refractivity contribution is 5.95. The van der Waals surface area contributed by atoms with Gasteiger partial charge in [0.15, 0.2) is 0 Å². The first-order valence-electron chi connectivity index (χ1n) is 7.85. The van der Waals surface area contributed by atoms with Gasteiger partial charge in [-0.05, 0) is 48.5 Å². The zero-order valence-corrected chi connectivity index (χ0v) is 14.2. The third-order valence-electron chi connectivity index (χ3n) is 3.56. The van der Waals surface area contributed by atoms with Crippen LogP contribution in [0.5, 0.6) is 0 Å². The number of nitrogens with one attached hydrogen (secondary N) is 4. The van der Waals surface area contributed by atoms with E-state index in [0.29, 0.717) is 22.5 Å². The average Bonchev–Trinajstić information content (AvgIpc) is 2.62. The first-order valence-corrected chi connectivity index (χ1v) is 7.85. The van der Waals surface area contributed by atoms with Crippen molar-refractivity contribution in [2.45, 2.75) is 0 Å². The number of nitrogen functional groups attached to an aromatic ring is 3. The Labute approximate surface area is 154 Å². The fourth-order valence-corrected chi connectivity index (χ4v) is 2.23. The Kier molecular flexibility index (Phi) is 4.79. The number of hydrogen-bond acceptors (Lipinski definition) is 8. The van der Waals surface area contributed by atoms with Crippen LogP contribution in [0.1, 0.15) is 11.1 Å². The van der Waals surface area contributed by atoms with Crippen molar-refractivity contribution in [1.82, 2.24) is 15.0 Å². The zero-order chi connectivity index (χ0) is 19.4. The largest absolute Gasteiger partial charge is 0.384 e. The monoisotopic (exact) mass is 362 g/mol. The predicted molar refractivity (Wildman–Crippen MR) is 106 cm³/mol. The van der Waals surface area contributed by atoms with Gasteiger partial charge in [0.2, 0.25) is 17.8 Å². The van der Waals surface area contributed by atoms with Crippen LogP contribution in [0.2, 0.25) is 0 Å². The second kappa shape index (κ2) is 7.35. The molecule has 0 saturated heterocycles. The van der Waals surface area contributed by atoms with E-state index in [1.165, 1.54) is 0 Å². The first kappa shape index (κ1) is 17.6. The van der Waals surface area contributed by atoms with E-state index >= 15 is 0 Å². The minimum absolute atomic E-state index is 0.00627. The SMILES string of the molecule is N=C(N)c1ccc(Nc2nc(N)nc(Nc3ccc(C(=N)N)cc3)n2)cc1. The summed E-state index contributed by atoms with van der Waals surface area (Å²) >= 11 is 0. The van der Waals surface area contributed by atoms with Crippen molar-refractivity contribution >= 4 is 40.9 Å². The smallest absolute Gasteiger partial charge is 0.233 e. The molecule has 0 amide bonds. The summed E-state index contributed by atoms with van der Waals surface area (Å²) in [5, 5.41) is 20.9. The molecule has 27 heavy (non-hydrogen) atoms. The van der Waals surface area contributed by atoms with E-state index in [9.17, 15) is 0 Å². The van der Waals surface area contributed by atoms with Gasteiger partial charge in [-0.2, -0.15) is 15.0 Å². The lowest BCUT2D eigenvalue weighted by atomic mass is 10.2. The molecule has 10 heteroatoms. The summed E-state index contributed by atoms with van der Waals surface area (Å²) in [6.45, 7) is 0. The summed E-state index contributed by atoms with van der Waals surface area (Å²) in [5.74, 6) is 0.569. The fourth-order valence-electron chi connectivity index (χ4n) is 2.23. The summed E-state index contributed by atoms with van der Waals surface area (Å²) < 4.78 is 0. The number of rotatable bonds is 6. The average molecular weight is 362 g/mol. The van der Waals surface area contributed by atoms with Gasteiger partial charge in [0, 0.05) is 22.5 Å². The summed E-state index contributed by atoms with van der Waals surface area (Å²) in [5.41, 5.74) is 19.3. The summed E-state index contributed by atoms with van der Waals surface area (Å²) in [7, 11) is 0. The van der Waals surface area contributed by atoms with Crippen molar-refractivity contribution in [2.24, 2.45) is 11.5 Å². The van der Waals surface area contributed by atoms with Gasteiger partial charge < -0.3 is 27.8 Å². The van der Waals surface area contributed by atoms with Gasteiger partial charge >= 0.3 is 0 Å². The van der Waals surface area contributed by atoms with Crippen LogP contribution in [-0.2, 0) is 0 Å². The van der Waals surface area contributed by atoms with E-state index in [1.54, 1.807) is 48.5 Å². The molecule has 0 aliphatic carbocycles. The molecule has 0 unspecified atom stereocenters. The molecule has 0 radical (unpaired) electrons. The second-order valence-electron chi connectivity index (χ2n) is 5.57. The van der Waals surface area contributed by atoms with Gasteiger partial charge in [0.05, 0.1) is 0 Å². The van der Waals surface area contributed by atoms with Crippen molar-refractivity contribution in [2.75, 3.05) is 16.4 Å². The Balaban J connectivity index is 1.77. The lowest BCUT2D eigenvalue weighted by Crippen LogP contribution is -2.11. The van der Waals surface area contributed by atoms with Crippen LogP contribution in [0.25, 0.3) is 0 Å². The van der Waals surface area contributed by atoms with Gasteiger partial charge in [-0.15, -0.1) is 0 Å². The number of benzene rings is 2. The van der Waals surface area contributed by atoms with Crippen LogP contribution in [0.3, 0.4) is 0 Å².